The molecule has 0 aromatic heterocycles. The van der Waals surface area contributed by atoms with E-state index in [1.807, 2.05) is 0 Å². The summed E-state index contributed by atoms with van der Waals surface area (Å²) in [5.74, 6) is -1.22. The van der Waals surface area contributed by atoms with E-state index in [1.54, 1.807) is 25.1 Å². The van der Waals surface area contributed by atoms with Gasteiger partial charge in [0.1, 0.15) is 5.82 Å². The fourth-order valence-electron chi connectivity index (χ4n) is 3.05. The van der Waals surface area contributed by atoms with E-state index in [0.717, 1.165) is 24.8 Å². The summed E-state index contributed by atoms with van der Waals surface area (Å²) in [5, 5.41) is 2.49. The Balaban J connectivity index is 1.94. The monoisotopic (exact) mass is 376 g/mol. The first-order valence-corrected chi connectivity index (χ1v) is 10.0. The Labute approximate surface area is 152 Å². The fraction of sp³-hybridized carbons (Fsp3) is 0.316. The summed E-state index contributed by atoms with van der Waals surface area (Å²) in [6.45, 7) is 2.68. The number of nitrogens with one attached hydrogen (secondary N) is 1. The molecule has 1 aliphatic rings. The number of nitrogens with zero attached hydrogens (tertiary/aromatic N) is 1. The number of carbonyl (C=O) groups excluding carboxylic acids is 1. The van der Waals surface area contributed by atoms with Gasteiger partial charge in [-0.3, -0.25) is 4.79 Å². The Hall–Kier alpha value is -2.25. The molecule has 2 aromatic rings. The van der Waals surface area contributed by atoms with E-state index >= 15 is 0 Å². The number of carbonyl (C=O) groups is 1. The zero-order valence-corrected chi connectivity index (χ0v) is 15.4. The second-order valence-electron chi connectivity index (χ2n) is 6.40. The van der Waals surface area contributed by atoms with Gasteiger partial charge in [0.2, 0.25) is 10.0 Å². The van der Waals surface area contributed by atoms with Crippen LogP contribution in [0.2, 0.25) is 0 Å². The molecule has 0 bridgehead atoms. The minimum atomic E-state index is -3.77. The highest BCUT2D eigenvalue weighted by Crippen LogP contribution is 2.25. The van der Waals surface area contributed by atoms with Crippen LogP contribution in [0.1, 0.15) is 35.2 Å². The molecule has 1 saturated heterocycles. The molecule has 0 spiro atoms. The van der Waals surface area contributed by atoms with E-state index in [1.165, 1.54) is 28.6 Å². The molecular formula is C19H21FN2O3S. The molecule has 1 aliphatic heterocycles. The van der Waals surface area contributed by atoms with Crippen molar-refractivity contribution in [3.8, 4) is 0 Å². The molecule has 26 heavy (non-hydrogen) atoms. The molecule has 1 heterocycles. The third-order valence-corrected chi connectivity index (χ3v) is 6.39. The van der Waals surface area contributed by atoms with Gasteiger partial charge in [0, 0.05) is 13.1 Å². The molecule has 3 rings (SSSR count). The number of sulfonamides is 1. The molecule has 0 unspecified atom stereocenters. The summed E-state index contributed by atoms with van der Waals surface area (Å²) in [6, 6.07) is 10.4. The van der Waals surface area contributed by atoms with Gasteiger partial charge in [-0.1, -0.05) is 24.6 Å². The van der Waals surface area contributed by atoms with Crippen molar-refractivity contribution in [2.75, 3.05) is 18.4 Å². The largest absolute Gasteiger partial charge is 0.319 e. The average molecular weight is 376 g/mol. The van der Waals surface area contributed by atoms with Gasteiger partial charge in [-0.15, -0.1) is 0 Å². The van der Waals surface area contributed by atoms with Crippen LogP contribution in [0.3, 0.4) is 0 Å². The van der Waals surface area contributed by atoms with E-state index in [9.17, 15) is 17.6 Å². The predicted molar refractivity (Wildman–Crippen MR) is 98.1 cm³/mol. The van der Waals surface area contributed by atoms with Crippen molar-refractivity contribution in [1.29, 1.82) is 0 Å². The molecule has 0 aliphatic carbocycles. The second-order valence-corrected chi connectivity index (χ2v) is 8.30. The number of halogens is 1. The first-order chi connectivity index (χ1) is 12.4. The average Bonchev–Trinajstić information content (AvgIpc) is 2.65. The molecule has 138 valence electrons. The van der Waals surface area contributed by atoms with Crippen molar-refractivity contribution in [3.63, 3.8) is 0 Å². The number of piperidine rings is 1. The standard InChI is InChI=1S/C19H21FN2O3S/c1-14-9-10-16(20)17(13-14)21-19(23)15-7-3-4-8-18(15)26(24,25)22-11-5-2-6-12-22/h3-4,7-10,13H,2,5-6,11-12H2,1H3,(H,21,23). The van der Waals surface area contributed by atoms with Crippen molar-refractivity contribution in [2.24, 2.45) is 0 Å². The zero-order valence-electron chi connectivity index (χ0n) is 14.5. The number of hydrogen-bond acceptors (Lipinski definition) is 3. The van der Waals surface area contributed by atoms with Crippen LogP contribution in [0.25, 0.3) is 0 Å². The number of anilines is 1. The maximum atomic E-state index is 13.9. The quantitative estimate of drug-likeness (QED) is 0.887. The zero-order chi connectivity index (χ0) is 18.7. The van der Waals surface area contributed by atoms with Crippen molar-refractivity contribution >= 4 is 21.6 Å². The predicted octanol–water partition coefficient (Wildman–Crippen LogP) is 3.56. The van der Waals surface area contributed by atoms with Crippen LogP contribution in [0, 0.1) is 12.7 Å². The fourth-order valence-corrected chi connectivity index (χ4v) is 4.75. The lowest BCUT2D eigenvalue weighted by Crippen LogP contribution is -2.36. The van der Waals surface area contributed by atoms with Gasteiger partial charge in [0.15, 0.2) is 0 Å². The lowest BCUT2D eigenvalue weighted by atomic mass is 10.2. The molecular weight excluding hydrogens is 355 g/mol. The van der Waals surface area contributed by atoms with Crippen LogP contribution < -0.4 is 5.32 Å². The van der Waals surface area contributed by atoms with Crippen molar-refractivity contribution in [2.45, 2.75) is 31.1 Å². The van der Waals surface area contributed by atoms with Gasteiger partial charge < -0.3 is 5.32 Å². The number of rotatable bonds is 4. The normalized spacial score (nSPS) is 15.6. The van der Waals surface area contributed by atoms with Crippen molar-refractivity contribution in [3.05, 3.63) is 59.4 Å². The van der Waals surface area contributed by atoms with Gasteiger partial charge in [-0.2, -0.15) is 4.31 Å². The Morgan fingerprint density at radius 2 is 1.77 bits per heavy atom. The second kappa shape index (κ2) is 7.55. The number of aryl methyl sites for hydroxylation is 1. The highest BCUT2D eigenvalue weighted by molar-refractivity contribution is 7.89. The van der Waals surface area contributed by atoms with Crippen LogP contribution in [0.4, 0.5) is 10.1 Å². The summed E-state index contributed by atoms with van der Waals surface area (Å²) in [6.07, 6.45) is 2.62. The first kappa shape index (κ1) is 18.5. The molecule has 5 nitrogen and oxygen atoms in total. The maximum absolute atomic E-state index is 13.9. The maximum Gasteiger partial charge on any atom is 0.257 e. The number of amides is 1. The Kier molecular flexibility index (Phi) is 5.38. The molecule has 1 fully saturated rings. The van der Waals surface area contributed by atoms with Crippen LogP contribution >= 0.6 is 0 Å². The number of benzene rings is 2. The van der Waals surface area contributed by atoms with E-state index in [2.05, 4.69) is 5.32 Å². The summed E-state index contributed by atoms with van der Waals surface area (Å²) < 4.78 is 41.3. The van der Waals surface area contributed by atoms with Gasteiger partial charge in [0.25, 0.3) is 5.91 Å². The van der Waals surface area contributed by atoms with E-state index in [-0.39, 0.29) is 16.1 Å². The Morgan fingerprint density at radius 3 is 2.50 bits per heavy atom. The molecule has 1 amide bonds. The number of hydrogen-bond donors (Lipinski definition) is 1. The lowest BCUT2D eigenvalue weighted by molar-refractivity contribution is 0.102. The SMILES string of the molecule is Cc1ccc(F)c(NC(=O)c2ccccc2S(=O)(=O)N2CCCCC2)c1. The molecule has 0 saturated carbocycles. The minimum absolute atomic E-state index is 0.0129. The first-order valence-electron chi connectivity index (χ1n) is 8.56. The third-order valence-electron chi connectivity index (χ3n) is 4.43. The summed E-state index contributed by atoms with van der Waals surface area (Å²) in [5.41, 5.74) is 0.829. The van der Waals surface area contributed by atoms with Crippen LogP contribution in [0.5, 0.6) is 0 Å². The van der Waals surface area contributed by atoms with E-state index in [4.69, 9.17) is 0 Å². The molecule has 2 aromatic carbocycles. The Bertz CT molecular complexity index is 922. The Morgan fingerprint density at radius 1 is 1.08 bits per heavy atom. The van der Waals surface area contributed by atoms with Crippen LogP contribution in [0.15, 0.2) is 47.4 Å². The third kappa shape index (κ3) is 3.78. The topological polar surface area (TPSA) is 66.5 Å². The van der Waals surface area contributed by atoms with Gasteiger partial charge in [-0.25, -0.2) is 12.8 Å². The van der Waals surface area contributed by atoms with Gasteiger partial charge in [0.05, 0.1) is 16.1 Å². The van der Waals surface area contributed by atoms with Gasteiger partial charge in [-0.05, 0) is 49.6 Å². The van der Waals surface area contributed by atoms with Crippen LogP contribution in [-0.4, -0.2) is 31.7 Å². The van der Waals surface area contributed by atoms with E-state index in [0.29, 0.717) is 13.1 Å². The highest BCUT2D eigenvalue weighted by Gasteiger charge is 2.29. The summed E-state index contributed by atoms with van der Waals surface area (Å²) in [7, 11) is -3.77. The molecule has 0 radical (unpaired) electrons. The highest BCUT2D eigenvalue weighted by atomic mass is 32.2. The summed E-state index contributed by atoms with van der Waals surface area (Å²) in [4.78, 5) is 12.6. The van der Waals surface area contributed by atoms with Crippen LogP contribution in [-0.2, 0) is 10.0 Å². The molecule has 7 heteroatoms. The lowest BCUT2D eigenvalue weighted by Gasteiger charge is -2.26. The molecule has 1 N–H and O–H groups in total. The minimum Gasteiger partial charge on any atom is -0.319 e. The van der Waals surface area contributed by atoms with Crippen molar-refractivity contribution in [1.82, 2.24) is 4.31 Å². The smallest absolute Gasteiger partial charge is 0.257 e. The van der Waals surface area contributed by atoms with E-state index < -0.39 is 21.7 Å². The van der Waals surface area contributed by atoms with Crippen molar-refractivity contribution < 1.29 is 17.6 Å². The molecule has 0 atom stereocenters. The summed E-state index contributed by atoms with van der Waals surface area (Å²) >= 11 is 0. The van der Waals surface area contributed by atoms with Gasteiger partial charge >= 0.3 is 0 Å².